The number of nitrogens with one attached hydrogen (secondary N) is 1. The van der Waals surface area contributed by atoms with Gasteiger partial charge in [-0.1, -0.05) is 35.9 Å². The van der Waals surface area contributed by atoms with Gasteiger partial charge in [-0.05, 0) is 36.5 Å². The van der Waals surface area contributed by atoms with Crippen LogP contribution in [0, 0.1) is 4.77 Å². The van der Waals surface area contributed by atoms with Gasteiger partial charge in [-0.25, -0.2) is 5.10 Å². The van der Waals surface area contributed by atoms with E-state index in [1.165, 1.54) is 10.9 Å². The van der Waals surface area contributed by atoms with E-state index >= 15 is 0 Å². The topological polar surface area (TPSA) is 66.2 Å². The molecule has 0 aliphatic rings. The maximum atomic E-state index is 9.76. The van der Waals surface area contributed by atoms with Gasteiger partial charge < -0.3 is 5.11 Å². The number of hydrogen-bond acceptors (Lipinski definition) is 4. The van der Waals surface area contributed by atoms with Gasteiger partial charge in [0.1, 0.15) is 5.75 Å². The molecule has 0 spiro atoms. The lowest BCUT2D eigenvalue weighted by Gasteiger charge is -2.02. The fraction of sp³-hybridized carbons (Fsp3) is 0. The Balaban J connectivity index is 2.04. The summed E-state index contributed by atoms with van der Waals surface area (Å²) in [4.78, 5) is 0. The number of H-pyrrole nitrogens is 1. The van der Waals surface area contributed by atoms with E-state index in [9.17, 15) is 5.11 Å². The fourth-order valence-corrected chi connectivity index (χ4v) is 2.30. The van der Waals surface area contributed by atoms with Gasteiger partial charge in [-0.15, -0.1) is 0 Å². The molecule has 110 valence electrons. The quantitative estimate of drug-likeness (QED) is 0.566. The zero-order valence-corrected chi connectivity index (χ0v) is 12.8. The van der Waals surface area contributed by atoms with Crippen LogP contribution in [0.4, 0.5) is 0 Å². The van der Waals surface area contributed by atoms with Crippen molar-refractivity contribution in [2.45, 2.75) is 0 Å². The molecule has 0 aliphatic carbocycles. The van der Waals surface area contributed by atoms with Crippen LogP contribution in [0.3, 0.4) is 0 Å². The van der Waals surface area contributed by atoms with Crippen LogP contribution in [0.5, 0.6) is 5.75 Å². The summed E-state index contributed by atoms with van der Waals surface area (Å²) in [5, 5.41) is 21.5. The van der Waals surface area contributed by atoms with Crippen molar-refractivity contribution in [2.75, 3.05) is 0 Å². The lowest BCUT2D eigenvalue weighted by Crippen LogP contribution is -1.95. The molecule has 0 saturated carbocycles. The predicted octanol–water partition coefficient (Wildman–Crippen LogP) is 3.85. The molecule has 22 heavy (non-hydrogen) atoms. The molecule has 2 N–H and O–H groups in total. The van der Waals surface area contributed by atoms with E-state index in [0.29, 0.717) is 21.2 Å². The Kier molecular flexibility index (Phi) is 4.04. The Morgan fingerprint density at radius 1 is 1.23 bits per heavy atom. The van der Waals surface area contributed by atoms with Crippen LogP contribution in [-0.4, -0.2) is 26.2 Å². The SMILES string of the molecule is Oc1ccccc1/C=N\n1c(-c2cccc(Cl)c2)n[nH]c1=S. The third kappa shape index (κ3) is 2.93. The molecule has 2 aromatic carbocycles. The van der Waals surface area contributed by atoms with E-state index in [-0.39, 0.29) is 5.75 Å². The number of halogens is 1. The maximum Gasteiger partial charge on any atom is 0.216 e. The molecular weight excluding hydrogens is 320 g/mol. The van der Waals surface area contributed by atoms with E-state index in [1.54, 1.807) is 30.3 Å². The van der Waals surface area contributed by atoms with E-state index in [2.05, 4.69) is 15.3 Å². The number of aromatic amines is 1. The standard InChI is InChI=1S/C15H11ClN4OS/c16-12-6-3-5-10(8-12)14-18-19-15(22)20(14)17-9-11-4-1-2-7-13(11)21/h1-9,21H,(H,19,22)/b17-9-. The monoisotopic (exact) mass is 330 g/mol. The van der Waals surface area contributed by atoms with Crippen molar-refractivity contribution in [1.82, 2.24) is 14.9 Å². The first-order valence-corrected chi connectivity index (χ1v) is 7.19. The largest absolute Gasteiger partial charge is 0.507 e. The van der Waals surface area contributed by atoms with Gasteiger partial charge in [0.15, 0.2) is 5.82 Å². The average Bonchev–Trinajstić information content (AvgIpc) is 2.87. The van der Waals surface area contributed by atoms with Gasteiger partial charge >= 0.3 is 0 Å². The van der Waals surface area contributed by atoms with Crippen molar-refractivity contribution >= 4 is 30.0 Å². The van der Waals surface area contributed by atoms with Crippen LogP contribution in [-0.2, 0) is 0 Å². The molecule has 1 aromatic heterocycles. The zero-order valence-electron chi connectivity index (χ0n) is 11.3. The molecule has 3 rings (SSSR count). The van der Waals surface area contributed by atoms with E-state index in [4.69, 9.17) is 23.8 Å². The molecule has 0 aliphatic heterocycles. The summed E-state index contributed by atoms with van der Waals surface area (Å²) in [5.41, 5.74) is 1.37. The molecule has 0 atom stereocenters. The van der Waals surface area contributed by atoms with E-state index in [1.807, 2.05) is 18.2 Å². The predicted molar refractivity (Wildman–Crippen MR) is 89.0 cm³/mol. The van der Waals surface area contributed by atoms with Crippen molar-refractivity contribution in [3.05, 3.63) is 63.9 Å². The van der Waals surface area contributed by atoms with E-state index in [0.717, 1.165) is 5.56 Å². The summed E-state index contributed by atoms with van der Waals surface area (Å²) in [6.45, 7) is 0. The minimum absolute atomic E-state index is 0.144. The number of aromatic hydroxyl groups is 1. The third-order valence-corrected chi connectivity index (χ3v) is 3.48. The Hall–Kier alpha value is -2.44. The Morgan fingerprint density at radius 2 is 2.05 bits per heavy atom. The van der Waals surface area contributed by atoms with Gasteiger partial charge in [-0.2, -0.15) is 14.9 Å². The van der Waals surface area contributed by atoms with Crippen molar-refractivity contribution in [2.24, 2.45) is 5.10 Å². The molecule has 0 radical (unpaired) electrons. The number of nitrogens with zero attached hydrogens (tertiary/aromatic N) is 3. The number of phenols is 1. The van der Waals surface area contributed by atoms with Crippen LogP contribution in [0.15, 0.2) is 53.6 Å². The second-order valence-corrected chi connectivity index (χ2v) is 5.30. The fourth-order valence-electron chi connectivity index (χ4n) is 1.93. The molecule has 0 unspecified atom stereocenters. The first-order chi connectivity index (χ1) is 10.6. The van der Waals surface area contributed by atoms with Crippen molar-refractivity contribution in [3.8, 4) is 17.1 Å². The minimum Gasteiger partial charge on any atom is -0.507 e. The highest BCUT2D eigenvalue weighted by Gasteiger charge is 2.08. The highest BCUT2D eigenvalue weighted by Crippen LogP contribution is 2.21. The second kappa shape index (κ2) is 6.13. The Bertz CT molecular complexity index is 900. The molecule has 0 amide bonds. The number of hydrogen-bond donors (Lipinski definition) is 2. The van der Waals surface area contributed by atoms with Crippen LogP contribution in [0.1, 0.15) is 5.56 Å². The van der Waals surface area contributed by atoms with Crippen LogP contribution in [0.2, 0.25) is 5.02 Å². The van der Waals surface area contributed by atoms with Crippen molar-refractivity contribution in [3.63, 3.8) is 0 Å². The van der Waals surface area contributed by atoms with Crippen LogP contribution < -0.4 is 0 Å². The summed E-state index contributed by atoms with van der Waals surface area (Å²) in [6.07, 6.45) is 1.52. The Morgan fingerprint density at radius 3 is 2.82 bits per heavy atom. The number of rotatable bonds is 3. The van der Waals surface area contributed by atoms with Crippen LogP contribution >= 0.6 is 23.8 Å². The molecule has 0 fully saturated rings. The number of phenolic OH excluding ortho intramolecular Hbond substituents is 1. The molecular formula is C15H11ClN4OS. The zero-order chi connectivity index (χ0) is 15.5. The lowest BCUT2D eigenvalue weighted by atomic mass is 10.2. The van der Waals surface area contributed by atoms with Gasteiger partial charge in [0.25, 0.3) is 0 Å². The van der Waals surface area contributed by atoms with Crippen LogP contribution in [0.25, 0.3) is 11.4 Å². The molecule has 3 aromatic rings. The summed E-state index contributed by atoms with van der Waals surface area (Å²) in [6, 6.07) is 14.1. The Labute approximate surface area is 136 Å². The van der Waals surface area contributed by atoms with Gasteiger partial charge in [0.2, 0.25) is 4.77 Å². The smallest absolute Gasteiger partial charge is 0.216 e. The van der Waals surface area contributed by atoms with Gasteiger partial charge in [0.05, 0.1) is 6.21 Å². The van der Waals surface area contributed by atoms with Gasteiger partial charge in [-0.3, -0.25) is 0 Å². The summed E-state index contributed by atoms with van der Waals surface area (Å²) < 4.78 is 1.83. The van der Waals surface area contributed by atoms with Gasteiger partial charge in [0, 0.05) is 16.1 Å². The molecule has 0 saturated heterocycles. The first-order valence-electron chi connectivity index (χ1n) is 6.41. The molecule has 1 heterocycles. The lowest BCUT2D eigenvalue weighted by molar-refractivity contribution is 0.474. The number of para-hydroxylation sites is 1. The summed E-state index contributed by atoms with van der Waals surface area (Å²) in [7, 11) is 0. The number of aromatic nitrogens is 3. The second-order valence-electron chi connectivity index (χ2n) is 4.48. The molecule has 5 nitrogen and oxygen atoms in total. The molecule has 0 bridgehead atoms. The highest BCUT2D eigenvalue weighted by atomic mass is 35.5. The van der Waals surface area contributed by atoms with E-state index < -0.39 is 0 Å². The summed E-state index contributed by atoms with van der Waals surface area (Å²) >= 11 is 11.2. The normalized spacial score (nSPS) is 11.1. The maximum absolute atomic E-state index is 9.76. The minimum atomic E-state index is 0.144. The van der Waals surface area contributed by atoms with Crippen molar-refractivity contribution < 1.29 is 5.11 Å². The first kappa shape index (κ1) is 14.5. The highest BCUT2D eigenvalue weighted by molar-refractivity contribution is 7.71. The third-order valence-electron chi connectivity index (χ3n) is 2.98. The average molecular weight is 331 g/mol. The summed E-state index contributed by atoms with van der Waals surface area (Å²) in [5.74, 6) is 0.685. The molecule has 7 heteroatoms. The van der Waals surface area contributed by atoms with Crippen molar-refractivity contribution in [1.29, 1.82) is 0 Å². The number of benzene rings is 2.